The van der Waals surface area contributed by atoms with Crippen molar-refractivity contribution in [3.8, 4) is 0 Å². The van der Waals surface area contributed by atoms with E-state index in [1.165, 1.54) is 11.8 Å². The molecule has 0 saturated heterocycles. The highest BCUT2D eigenvalue weighted by molar-refractivity contribution is 9.10. The highest BCUT2D eigenvalue weighted by atomic mass is 79.9. The van der Waals surface area contributed by atoms with Gasteiger partial charge in [0.25, 0.3) is 0 Å². The number of rotatable bonds is 3. The van der Waals surface area contributed by atoms with Crippen LogP contribution in [0.1, 0.15) is 24.3 Å². The third-order valence-electron chi connectivity index (χ3n) is 4.06. The molecule has 4 nitrogen and oxygen atoms in total. The van der Waals surface area contributed by atoms with Crippen molar-refractivity contribution >= 4 is 27.0 Å². The van der Waals surface area contributed by atoms with Gasteiger partial charge >= 0.3 is 0 Å². The van der Waals surface area contributed by atoms with Crippen LogP contribution in [0.4, 0.5) is 0 Å². The van der Waals surface area contributed by atoms with E-state index in [2.05, 4.69) is 50.2 Å². The highest BCUT2D eigenvalue weighted by Gasteiger charge is 2.27. The molecule has 1 aliphatic heterocycles. The topological polar surface area (TPSA) is 47.1 Å². The number of nitrogens with one attached hydrogen (secondary N) is 1. The van der Waals surface area contributed by atoms with Gasteiger partial charge in [-0.1, -0.05) is 23.8 Å². The van der Waals surface area contributed by atoms with Gasteiger partial charge in [-0.2, -0.15) is 0 Å². The van der Waals surface area contributed by atoms with Crippen molar-refractivity contribution in [2.45, 2.75) is 18.8 Å². The Morgan fingerprint density at radius 2 is 2.26 bits per heavy atom. The van der Waals surface area contributed by atoms with Gasteiger partial charge in [-0.15, -0.1) is 0 Å². The van der Waals surface area contributed by atoms with Gasteiger partial charge in [0.05, 0.1) is 5.92 Å². The van der Waals surface area contributed by atoms with E-state index in [-0.39, 0.29) is 5.92 Å². The van der Waals surface area contributed by atoms with Gasteiger partial charge in [0.15, 0.2) is 0 Å². The van der Waals surface area contributed by atoms with E-state index in [0.29, 0.717) is 0 Å². The molecular formula is C18H15BrN2O2. The summed E-state index contributed by atoms with van der Waals surface area (Å²) >= 11 is 3.51. The fourth-order valence-corrected chi connectivity index (χ4v) is 3.37. The van der Waals surface area contributed by atoms with Crippen LogP contribution in [0, 0.1) is 0 Å². The van der Waals surface area contributed by atoms with Crippen molar-refractivity contribution in [2.75, 3.05) is 0 Å². The van der Waals surface area contributed by atoms with Gasteiger partial charge in [-0.25, -0.2) is 4.98 Å². The minimum Gasteiger partial charge on any atom is -0.466 e. The molecule has 1 atom stereocenters. The molecule has 1 unspecified atom stereocenters. The zero-order valence-corrected chi connectivity index (χ0v) is 13.9. The summed E-state index contributed by atoms with van der Waals surface area (Å²) in [5, 5.41) is 1.08. The van der Waals surface area contributed by atoms with Crippen LogP contribution in [0.15, 0.2) is 71.3 Å². The zero-order chi connectivity index (χ0) is 15.6. The maximum atomic E-state index is 5.74. The van der Waals surface area contributed by atoms with Crippen LogP contribution in [0.3, 0.4) is 0 Å². The van der Waals surface area contributed by atoms with E-state index >= 15 is 0 Å². The molecule has 0 radical (unpaired) electrons. The van der Waals surface area contributed by atoms with Crippen molar-refractivity contribution in [2.24, 2.45) is 0 Å². The maximum absolute atomic E-state index is 5.74. The van der Waals surface area contributed by atoms with Crippen LogP contribution in [0.2, 0.25) is 0 Å². The lowest BCUT2D eigenvalue weighted by molar-refractivity contribution is 0.242. The van der Waals surface area contributed by atoms with Crippen molar-refractivity contribution in [3.05, 3.63) is 76.8 Å². The van der Waals surface area contributed by atoms with Gasteiger partial charge in [-0.3, -0.25) is 0 Å². The molecule has 3 heterocycles. The van der Waals surface area contributed by atoms with Crippen LogP contribution in [-0.4, -0.2) is 9.97 Å². The number of H-pyrrole nitrogens is 1. The lowest BCUT2D eigenvalue weighted by Crippen LogP contribution is -2.10. The quantitative estimate of drug-likeness (QED) is 0.822. The van der Waals surface area contributed by atoms with E-state index in [1.807, 2.05) is 6.20 Å². The summed E-state index contributed by atoms with van der Waals surface area (Å²) in [6.07, 6.45) is 17.1. The third-order valence-corrected chi connectivity index (χ3v) is 4.50. The number of allylic oxidation sites excluding steroid dienone is 4. The first-order valence-electron chi connectivity index (χ1n) is 7.48. The normalized spacial score (nSPS) is 18.1. The van der Waals surface area contributed by atoms with Crippen molar-refractivity contribution in [1.82, 2.24) is 9.97 Å². The Bertz CT molecular complexity index is 861. The molecule has 5 heteroatoms. The summed E-state index contributed by atoms with van der Waals surface area (Å²) in [4.78, 5) is 7.69. The number of halogens is 1. The van der Waals surface area contributed by atoms with Crippen LogP contribution in [0.25, 0.3) is 11.0 Å². The molecule has 1 aliphatic carbocycles. The van der Waals surface area contributed by atoms with E-state index in [0.717, 1.165) is 39.7 Å². The van der Waals surface area contributed by atoms with Crippen LogP contribution in [-0.2, 0) is 9.47 Å². The first-order valence-corrected chi connectivity index (χ1v) is 8.27. The van der Waals surface area contributed by atoms with Gasteiger partial charge in [-0.05, 0) is 40.4 Å². The number of aromatic amines is 1. The average molecular weight is 371 g/mol. The standard InChI is InChI=1S/C18H15BrN2O2/c19-13-8-14-15(10-21-18(14)20-9-13)17(12-4-2-1-3-5-12)16-11-22-6-7-23-16/h1-2,4,6-11,17H,3,5H2,(H,20,21). The van der Waals surface area contributed by atoms with E-state index in [4.69, 9.17) is 9.47 Å². The van der Waals surface area contributed by atoms with Crippen molar-refractivity contribution in [3.63, 3.8) is 0 Å². The first kappa shape index (κ1) is 14.3. The summed E-state index contributed by atoms with van der Waals surface area (Å²) in [6.45, 7) is 0. The number of aromatic nitrogens is 2. The summed E-state index contributed by atoms with van der Waals surface area (Å²) < 4.78 is 12.0. The monoisotopic (exact) mass is 370 g/mol. The number of hydrogen-bond acceptors (Lipinski definition) is 3. The Hall–Kier alpha value is -2.27. The van der Waals surface area contributed by atoms with Gasteiger partial charge in [0, 0.05) is 22.3 Å². The minimum absolute atomic E-state index is 0.00903. The molecular weight excluding hydrogens is 356 g/mol. The molecule has 116 valence electrons. The van der Waals surface area contributed by atoms with Gasteiger partial charge in [0.1, 0.15) is 30.2 Å². The summed E-state index contributed by atoms with van der Waals surface area (Å²) in [5.74, 6) is 0.796. The largest absolute Gasteiger partial charge is 0.466 e. The SMILES string of the molecule is Brc1cnc2[nH]cc(C(C3=CC=CCC3)C3=COC=CO3)c2c1. The van der Waals surface area contributed by atoms with Crippen molar-refractivity contribution in [1.29, 1.82) is 0 Å². The smallest absolute Gasteiger partial charge is 0.150 e. The van der Waals surface area contributed by atoms with E-state index in [9.17, 15) is 0 Å². The predicted octanol–water partition coefficient (Wildman–Crippen LogP) is 5.04. The third kappa shape index (κ3) is 2.72. The molecule has 0 saturated carbocycles. The average Bonchev–Trinajstić information content (AvgIpc) is 3.00. The number of pyridine rings is 1. The molecule has 0 spiro atoms. The molecule has 2 aliphatic rings. The second-order valence-corrected chi connectivity index (χ2v) is 6.40. The van der Waals surface area contributed by atoms with E-state index in [1.54, 1.807) is 18.7 Å². The Labute approximate surface area is 142 Å². The fourth-order valence-electron chi connectivity index (χ4n) is 3.04. The zero-order valence-electron chi connectivity index (χ0n) is 12.3. The molecule has 1 N–H and O–H groups in total. The lowest BCUT2D eigenvalue weighted by Gasteiger charge is -2.24. The summed E-state index contributed by atoms with van der Waals surface area (Å²) in [6, 6.07) is 2.08. The summed E-state index contributed by atoms with van der Waals surface area (Å²) in [5.41, 5.74) is 3.31. The molecule has 4 rings (SSSR count). The molecule has 0 amide bonds. The van der Waals surface area contributed by atoms with Crippen molar-refractivity contribution < 1.29 is 9.47 Å². The van der Waals surface area contributed by atoms with Gasteiger partial charge in [0.2, 0.25) is 0 Å². The molecule has 0 bridgehead atoms. The Balaban J connectivity index is 1.86. The Kier molecular flexibility index (Phi) is 3.79. The van der Waals surface area contributed by atoms with Gasteiger partial charge < -0.3 is 14.5 Å². The minimum atomic E-state index is 0.00903. The number of fused-ring (bicyclic) bond motifs is 1. The maximum Gasteiger partial charge on any atom is 0.150 e. The second kappa shape index (κ2) is 6.08. The number of nitrogens with zero attached hydrogens (tertiary/aromatic N) is 1. The second-order valence-electron chi connectivity index (χ2n) is 5.48. The van der Waals surface area contributed by atoms with Crippen LogP contribution in [0.5, 0.6) is 0 Å². The van der Waals surface area contributed by atoms with Crippen LogP contribution >= 0.6 is 15.9 Å². The predicted molar refractivity (Wildman–Crippen MR) is 92.4 cm³/mol. The number of hydrogen-bond donors (Lipinski definition) is 1. The first-order chi connectivity index (χ1) is 11.3. The fraction of sp³-hybridized carbons (Fsp3) is 0.167. The molecule has 2 aromatic heterocycles. The lowest BCUT2D eigenvalue weighted by atomic mass is 9.85. The Morgan fingerprint density at radius 1 is 1.30 bits per heavy atom. The van der Waals surface area contributed by atoms with Crippen LogP contribution < -0.4 is 0 Å². The number of ether oxygens (including phenoxy) is 2. The molecule has 2 aromatic rings. The Morgan fingerprint density at radius 3 is 3.04 bits per heavy atom. The van der Waals surface area contributed by atoms with E-state index < -0.39 is 0 Å². The highest BCUT2D eigenvalue weighted by Crippen LogP contribution is 2.40. The molecule has 0 fully saturated rings. The summed E-state index contributed by atoms with van der Waals surface area (Å²) in [7, 11) is 0. The molecule has 23 heavy (non-hydrogen) atoms. The molecule has 0 aromatic carbocycles.